The highest BCUT2D eigenvalue weighted by atomic mass is 32.2. The molecule has 26 heavy (non-hydrogen) atoms. The van der Waals surface area contributed by atoms with Crippen molar-refractivity contribution in [3.05, 3.63) is 72.1 Å². The molecule has 2 aromatic carbocycles. The maximum absolute atomic E-state index is 13.0. The van der Waals surface area contributed by atoms with Gasteiger partial charge in [0.25, 0.3) is 0 Å². The van der Waals surface area contributed by atoms with Crippen LogP contribution in [0.25, 0.3) is 0 Å². The van der Waals surface area contributed by atoms with Gasteiger partial charge in [-0.3, -0.25) is 4.79 Å². The van der Waals surface area contributed by atoms with Crippen molar-refractivity contribution >= 4 is 23.4 Å². The Morgan fingerprint density at radius 1 is 1.12 bits per heavy atom. The second kappa shape index (κ2) is 7.21. The zero-order valence-electron chi connectivity index (χ0n) is 14.3. The number of carbonyl (C=O) groups excluding carboxylic acids is 1. The predicted octanol–water partition coefficient (Wildman–Crippen LogP) is 3.24. The molecule has 0 fully saturated rings. The van der Waals surface area contributed by atoms with Gasteiger partial charge in [-0.25, -0.2) is 4.68 Å². The van der Waals surface area contributed by atoms with E-state index in [-0.39, 0.29) is 17.2 Å². The number of anilines is 1. The summed E-state index contributed by atoms with van der Waals surface area (Å²) in [6, 6.07) is 19.3. The summed E-state index contributed by atoms with van der Waals surface area (Å²) in [5.74, 6) is 0.796. The normalized spacial score (nSPS) is 18.7. The van der Waals surface area contributed by atoms with E-state index in [9.17, 15) is 4.79 Å². The molecule has 132 valence electrons. The van der Waals surface area contributed by atoms with Crippen LogP contribution in [0.3, 0.4) is 0 Å². The van der Waals surface area contributed by atoms with Gasteiger partial charge in [0.1, 0.15) is 5.25 Å². The van der Waals surface area contributed by atoms with Crippen LogP contribution in [0.5, 0.6) is 0 Å². The molecule has 6 nitrogen and oxygen atoms in total. The molecule has 2 heterocycles. The Bertz CT molecular complexity index is 897. The topological polar surface area (TPSA) is 71.8 Å². The molecule has 0 spiro atoms. The maximum atomic E-state index is 13.0. The van der Waals surface area contributed by atoms with Crippen molar-refractivity contribution in [1.29, 1.82) is 0 Å². The predicted molar refractivity (Wildman–Crippen MR) is 103 cm³/mol. The Hall–Kier alpha value is -2.80. The fraction of sp³-hybridized carbons (Fsp3) is 0.211. The number of nitrogens with one attached hydrogen (secondary N) is 2. The number of benzene rings is 2. The minimum absolute atomic E-state index is 0.0603. The van der Waals surface area contributed by atoms with Gasteiger partial charge in [-0.05, 0) is 17.7 Å². The molecule has 1 amide bonds. The molecule has 7 heteroatoms. The van der Waals surface area contributed by atoms with Gasteiger partial charge in [-0.2, -0.15) is 0 Å². The number of fused-ring (bicyclic) bond motifs is 1. The van der Waals surface area contributed by atoms with Crippen molar-refractivity contribution in [3.8, 4) is 0 Å². The summed E-state index contributed by atoms with van der Waals surface area (Å²) in [5.41, 5.74) is 5.27. The number of nitrogens with zero attached hydrogens (tertiary/aromatic N) is 3. The number of rotatable bonds is 4. The minimum Gasteiger partial charge on any atom is -0.325 e. The fourth-order valence-corrected chi connectivity index (χ4v) is 4.07. The van der Waals surface area contributed by atoms with Crippen molar-refractivity contribution in [2.45, 2.75) is 29.8 Å². The summed E-state index contributed by atoms with van der Waals surface area (Å²) in [4.78, 5) is 13.0. The van der Waals surface area contributed by atoms with Crippen molar-refractivity contribution in [3.63, 3.8) is 0 Å². The van der Waals surface area contributed by atoms with Gasteiger partial charge >= 0.3 is 0 Å². The van der Waals surface area contributed by atoms with Crippen molar-refractivity contribution < 1.29 is 4.79 Å². The van der Waals surface area contributed by atoms with Crippen LogP contribution in [0.2, 0.25) is 0 Å². The third kappa shape index (κ3) is 3.17. The number of aryl methyl sites for hydroxylation is 1. The molecule has 0 radical (unpaired) electrons. The smallest absolute Gasteiger partial charge is 0.240 e. The molecule has 1 aliphatic heterocycles. The molecule has 0 saturated heterocycles. The van der Waals surface area contributed by atoms with E-state index < -0.39 is 0 Å². The molecule has 1 aliphatic rings. The number of carbonyl (C=O) groups is 1. The Labute approximate surface area is 156 Å². The summed E-state index contributed by atoms with van der Waals surface area (Å²) in [7, 11) is 0. The summed E-state index contributed by atoms with van der Waals surface area (Å²) in [6.45, 7) is 2.04. The minimum atomic E-state index is -0.362. The zero-order valence-corrected chi connectivity index (χ0v) is 15.1. The molecule has 3 aromatic rings. The molecule has 4 rings (SSSR count). The second-order valence-electron chi connectivity index (χ2n) is 6.00. The molecule has 1 aromatic heterocycles. The van der Waals surface area contributed by atoms with Gasteiger partial charge in [0.2, 0.25) is 11.1 Å². The van der Waals surface area contributed by atoms with Gasteiger partial charge in [-0.15, -0.1) is 10.2 Å². The maximum Gasteiger partial charge on any atom is 0.240 e. The van der Waals surface area contributed by atoms with E-state index in [0.29, 0.717) is 5.16 Å². The number of para-hydroxylation sites is 1. The summed E-state index contributed by atoms with van der Waals surface area (Å²) in [5, 5.41) is 11.8. The first-order valence-electron chi connectivity index (χ1n) is 8.54. The lowest BCUT2D eigenvalue weighted by molar-refractivity contribution is -0.116. The van der Waals surface area contributed by atoms with Crippen molar-refractivity contribution in [2.75, 3.05) is 10.7 Å². The Morgan fingerprint density at radius 3 is 2.50 bits per heavy atom. The number of amides is 1. The van der Waals surface area contributed by atoms with E-state index in [1.165, 1.54) is 11.8 Å². The highest BCUT2D eigenvalue weighted by Crippen LogP contribution is 2.37. The number of hydrogen-bond acceptors (Lipinski definition) is 5. The van der Waals surface area contributed by atoms with Crippen molar-refractivity contribution in [1.82, 2.24) is 14.9 Å². The molecule has 0 aliphatic carbocycles. The lowest BCUT2D eigenvalue weighted by atomic mass is 10.0. The summed E-state index contributed by atoms with van der Waals surface area (Å²) >= 11 is 1.44. The first-order chi connectivity index (χ1) is 12.8. The van der Waals surface area contributed by atoms with Crippen LogP contribution in [0.1, 0.15) is 24.4 Å². The van der Waals surface area contributed by atoms with Crippen LogP contribution in [0.4, 0.5) is 5.69 Å². The Kier molecular flexibility index (Phi) is 4.62. The van der Waals surface area contributed by atoms with E-state index in [4.69, 9.17) is 0 Å². The molecular weight excluding hydrogens is 346 g/mol. The Morgan fingerprint density at radius 2 is 1.81 bits per heavy atom. The van der Waals surface area contributed by atoms with E-state index in [0.717, 1.165) is 23.5 Å². The first-order valence-corrected chi connectivity index (χ1v) is 9.42. The van der Waals surface area contributed by atoms with E-state index >= 15 is 0 Å². The van der Waals surface area contributed by atoms with Gasteiger partial charge in [0, 0.05) is 12.1 Å². The van der Waals surface area contributed by atoms with Gasteiger partial charge in [0.05, 0.1) is 6.04 Å². The van der Waals surface area contributed by atoms with Crippen LogP contribution < -0.4 is 10.7 Å². The largest absolute Gasteiger partial charge is 0.325 e. The molecular formula is C19H19N5OS. The molecule has 0 bridgehead atoms. The lowest BCUT2D eigenvalue weighted by Gasteiger charge is -2.32. The van der Waals surface area contributed by atoms with E-state index in [1.807, 2.05) is 72.3 Å². The monoisotopic (exact) mass is 365 g/mol. The van der Waals surface area contributed by atoms with Crippen LogP contribution in [0, 0.1) is 0 Å². The van der Waals surface area contributed by atoms with Gasteiger partial charge < -0.3 is 10.7 Å². The van der Waals surface area contributed by atoms with Crippen molar-refractivity contribution in [2.24, 2.45) is 0 Å². The molecule has 2 atom stereocenters. The summed E-state index contributed by atoms with van der Waals surface area (Å²) < 4.78 is 1.90. The van der Waals surface area contributed by atoms with Crippen LogP contribution in [-0.4, -0.2) is 26.0 Å². The van der Waals surface area contributed by atoms with Crippen LogP contribution in [0.15, 0.2) is 65.8 Å². The average molecular weight is 365 g/mol. The van der Waals surface area contributed by atoms with E-state index in [1.54, 1.807) is 0 Å². The average Bonchev–Trinajstić information content (AvgIpc) is 3.10. The van der Waals surface area contributed by atoms with E-state index in [2.05, 4.69) is 20.9 Å². The van der Waals surface area contributed by atoms with Gasteiger partial charge in [0.15, 0.2) is 5.82 Å². The Balaban J connectivity index is 1.67. The summed E-state index contributed by atoms with van der Waals surface area (Å²) in [6.07, 6.45) is 0.767. The highest BCUT2D eigenvalue weighted by molar-refractivity contribution is 8.00. The lowest BCUT2D eigenvalue weighted by Crippen LogP contribution is -2.41. The number of thioether (sulfide) groups is 1. The standard InChI is InChI=1S/C19H19N5OS/c1-2-15-21-22-19-24(15)23-16(13-9-5-3-6-10-13)17(26-19)18(25)20-14-11-7-4-8-12-14/h3-12,16-17,23H,2H2,1H3,(H,20,25)/t16-,17+/m0/s1. The zero-order chi connectivity index (χ0) is 17.9. The molecule has 0 saturated carbocycles. The van der Waals surface area contributed by atoms with Gasteiger partial charge in [-0.1, -0.05) is 67.2 Å². The fourth-order valence-electron chi connectivity index (χ4n) is 2.97. The van der Waals surface area contributed by atoms with Crippen LogP contribution in [-0.2, 0) is 11.2 Å². The third-order valence-corrected chi connectivity index (χ3v) is 5.49. The number of hydrogen-bond donors (Lipinski definition) is 2. The first kappa shape index (κ1) is 16.7. The highest BCUT2D eigenvalue weighted by Gasteiger charge is 2.37. The molecule has 2 N–H and O–H groups in total. The second-order valence-corrected chi connectivity index (χ2v) is 7.11. The van der Waals surface area contributed by atoms with Crippen LogP contribution >= 0.6 is 11.8 Å². The SMILES string of the molecule is CCc1nnc2n1N[C@@H](c1ccccc1)[C@H](C(=O)Nc1ccccc1)S2. The number of aromatic nitrogens is 3. The quantitative estimate of drug-likeness (QED) is 0.743. The molecule has 0 unspecified atom stereocenters. The third-order valence-electron chi connectivity index (χ3n) is 4.28.